The highest BCUT2D eigenvalue weighted by Gasteiger charge is 2.12. The number of carbonyl (C=O) groups excluding carboxylic acids is 1. The van der Waals surface area contributed by atoms with Crippen LogP contribution in [0.15, 0.2) is 18.2 Å². The molecule has 16 heavy (non-hydrogen) atoms. The predicted molar refractivity (Wildman–Crippen MR) is 61.3 cm³/mol. The van der Waals surface area contributed by atoms with E-state index < -0.39 is 15.8 Å². The van der Waals surface area contributed by atoms with Crippen LogP contribution < -0.4 is 0 Å². The minimum absolute atomic E-state index is 0.103. The molecule has 0 heterocycles. The molecule has 4 nitrogen and oxygen atoms in total. The number of esters is 1. The molecule has 0 saturated carbocycles. The number of benzene rings is 1. The lowest BCUT2D eigenvalue weighted by atomic mass is 10.1. The second kappa shape index (κ2) is 4.84. The predicted octanol–water partition coefficient (Wildman–Crippen LogP) is 1.67. The molecule has 0 saturated heterocycles. The lowest BCUT2D eigenvalue weighted by molar-refractivity contribution is 0.0601. The van der Waals surface area contributed by atoms with E-state index in [0.29, 0.717) is 5.56 Å². The summed E-state index contributed by atoms with van der Waals surface area (Å²) in [6.45, 7) is 0. The van der Waals surface area contributed by atoms with E-state index in [-0.39, 0.29) is 16.3 Å². The van der Waals surface area contributed by atoms with Gasteiger partial charge in [-0.1, -0.05) is 17.7 Å². The Morgan fingerprint density at radius 1 is 1.44 bits per heavy atom. The average molecular weight is 263 g/mol. The first-order valence-electron chi connectivity index (χ1n) is 4.38. The zero-order chi connectivity index (χ0) is 12.3. The van der Waals surface area contributed by atoms with Crippen LogP contribution in [0.2, 0.25) is 5.02 Å². The summed E-state index contributed by atoms with van der Waals surface area (Å²) in [5, 5.41) is 0.188. The fraction of sp³-hybridized carbons (Fsp3) is 0.300. The molecule has 1 aromatic rings. The summed E-state index contributed by atoms with van der Waals surface area (Å²) in [7, 11) is -1.85. The monoisotopic (exact) mass is 262 g/mol. The summed E-state index contributed by atoms with van der Waals surface area (Å²) in [6.07, 6.45) is 1.13. The van der Waals surface area contributed by atoms with Crippen molar-refractivity contribution in [3.8, 4) is 0 Å². The summed E-state index contributed by atoms with van der Waals surface area (Å²) < 4.78 is 26.6. The van der Waals surface area contributed by atoms with Crippen molar-refractivity contribution in [1.82, 2.24) is 0 Å². The van der Waals surface area contributed by atoms with Gasteiger partial charge in [0.25, 0.3) is 0 Å². The number of halogens is 1. The average Bonchev–Trinajstić information content (AvgIpc) is 2.14. The van der Waals surface area contributed by atoms with Crippen molar-refractivity contribution in [2.45, 2.75) is 5.75 Å². The van der Waals surface area contributed by atoms with Gasteiger partial charge in [0.15, 0.2) is 9.84 Å². The molecule has 0 radical (unpaired) electrons. The van der Waals surface area contributed by atoms with Crippen molar-refractivity contribution in [2.75, 3.05) is 13.4 Å². The molecule has 6 heteroatoms. The van der Waals surface area contributed by atoms with E-state index >= 15 is 0 Å². The van der Waals surface area contributed by atoms with Crippen LogP contribution in [-0.2, 0) is 20.3 Å². The van der Waals surface area contributed by atoms with E-state index in [2.05, 4.69) is 4.74 Å². The second-order valence-corrected chi connectivity index (χ2v) is 5.92. The first kappa shape index (κ1) is 13.0. The Morgan fingerprint density at radius 3 is 2.50 bits per heavy atom. The van der Waals surface area contributed by atoms with Gasteiger partial charge < -0.3 is 4.74 Å². The van der Waals surface area contributed by atoms with Crippen LogP contribution in [0.4, 0.5) is 0 Å². The highest BCUT2D eigenvalue weighted by molar-refractivity contribution is 7.89. The molecular formula is C10H11ClO4S. The van der Waals surface area contributed by atoms with E-state index in [1.54, 1.807) is 6.07 Å². The number of hydrogen-bond acceptors (Lipinski definition) is 4. The van der Waals surface area contributed by atoms with Crippen molar-refractivity contribution >= 4 is 27.4 Å². The second-order valence-electron chi connectivity index (χ2n) is 3.38. The molecule has 0 spiro atoms. The Hall–Kier alpha value is -1.07. The van der Waals surface area contributed by atoms with E-state index in [4.69, 9.17) is 11.6 Å². The van der Waals surface area contributed by atoms with Gasteiger partial charge in [-0.2, -0.15) is 0 Å². The van der Waals surface area contributed by atoms with Crippen LogP contribution in [0, 0.1) is 0 Å². The first-order valence-corrected chi connectivity index (χ1v) is 6.82. The van der Waals surface area contributed by atoms with Gasteiger partial charge in [0.05, 0.1) is 23.4 Å². The highest BCUT2D eigenvalue weighted by Crippen LogP contribution is 2.19. The van der Waals surface area contributed by atoms with Gasteiger partial charge in [0, 0.05) is 6.26 Å². The molecule has 0 bridgehead atoms. The van der Waals surface area contributed by atoms with Crippen LogP contribution in [0.5, 0.6) is 0 Å². The fourth-order valence-corrected chi connectivity index (χ4v) is 2.29. The van der Waals surface area contributed by atoms with E-state index in [9.17, 15) is 13.2 Å². The lowest BCUT2D eigenvalue weighted by Crippen LogP contribution is -2.04. The molecule has 0 aliphatic rings. The maximum Gasteiger partial charge on any atom is 0.339 e. The Labute approximate surface area is 99.1 Å². The first-order chi connectivity index (χ1) is 7.33. The molecule has 88 valence electrons. The van der Waals surface area contributed by atoms with Crippen LogP contribution in [-0.4, -0.2) is 27.8 Å². The summed E-state index contributed by atoms with van der Waals surface area (Å²) in [5.41, 5.74) is 0.765. The van der Waals surface area contributed by atoms with E-state index in [0.717, 1.165) is 6.26 Å². The topological polar surface area (TPSA) is 60.4 Å². The van der Waals surface area contributed by atoms with Gasteiger partial charge in [-0.15, -0.1) is 0 Å². The Kier molecular flexibility index (Phi) is 3.93. The SMILES string of the molecule is COC(=O)c1ccc(CS(C)(=O)=O)cc1Cl. The van der Waals surface area contributed by atoms with Gasteiger partial charge in [0.2, 0.25) is 0 Å². The maximum absolute atomic E-state index is 11.2. The van der Waals surface area contributed by atoms with Gasteiger partial charge in [0.1, 0.15) is 0 Å². The van der Waals surface area contributed by atoms with Crippen LogP contribution in [0.3, 0.4) is 0 Å². The van der Waals surface area contributed by atoms with Crippen molar-refractivity contribution in [3.05, 3.63) is 34.3 Å². The zero-order valence-electron chi connectivity index (χ0n) is 8.86. The van der Waals surface area contributed by atoms with E-state index in [1.165, 1.54) is 19.2 Å². The quantitative estimate of drug-likeness (QED) is 0.778. The Morgan fingerprint density at radius 2 is 2.06 bits per heavy atom. The molecule has 1 aromatic carbocycles. The third kappa shape index (κ3) is 3.50. The van der Waals surface area contributed by atoms with Gasteiger partial charge in [-0.3, -0.25) is 0 Å². The standard InChI is InChI=1S/C10H11ClO4S/c1-15-10(12)8-4-3-7(5-9(8)11)6-16(2,13)14/h3-5H,6H2,1-2H3. The van der Waals surface area contributed by atoms with Crippen molar-refractivity contribution in [2.24, 2.45) is 0 Å². The molecule has 0 aromatic heterocycles. The van der Waals surface area contributed by atoms with Crippen LogP contribution in [0.25, 0.3) is 0 Å². The molecule has 0 amide bonds. The van der Waals surface area contributed by atoms with Gasteiger partial charge in [-0.25, -0.2) is 13.2 Å². The summed E-state index contributed by atoms with van der Waals surface area (Å²) in [5.74, 6) is -0.648. The minimum Gasteiger partial charge on any atom is -0.465 e. The van der Waals surface area contributed by atoms with Crippen molar-refractivity contribution in [3.63, 3.8) is 0 Å². The lowest BCUT2D eigenvalue weighted by Gasteiger charge is -2.04. The normalized spacial score (nSPS) is 11.2. The Bertz CT molecular complexity index is 508. The third-order valence-electron chi connectivity index (χ3n) is 1.87. The number of sulfone groups is 1. The molecule has 0 atom stereocenters. The minimum atomic E-state index is -3.11. The largest absolute Gasteiger partial charge is 0.465 e. The fourth-order valence-electron chi connectivity index (χ4n) is 1.23. The molecular weight excluding hydrogens is 252 g/mol. The molecule has 0 unspecified atom stereocenters. The molecule has 0 aliphatic carbocycles. The van der Waals surface area contributed by atoms with Gasteiger partial charge >= 0.3 is 5.97 Å². The third-order valence-corrected chi connectivity index (χ3v) is 3.04. The molecule has 0 aliphatic heterocycles. The summed E-state index contributed by atoms with van der Waals surface area (Å²) in [4.78, 5) is 11.2. The smallest absolute Gasteiger partial charge is 0.339 e. The summed E-state index contributed by atoms with van der Waals surface area (Å²) in [6, 6.07) is 4.45. The van der Waals surface area contributed by atoms with Crippen LogP contribution >= 0.6 is 11.6 Å². The number of rotatable bonds is 3. The van der Waals surface area contributed by atoms with Crippen molar-refractivity contribution in [1.29, 1.82) is 0 Å². The number of carbonyl (C=O) groups is 1. The summed E-state index contributed by atoms with van der Waals surface area (Å²) >= 11 is 5.84. The zero-order valence-corrected chi connectivity index (χ0v) is 10.4. The highest BCUT2D eigenvalue weighted by atomic mass is 35.5. The molecule has 0 N–H and O–H groups in total. The van der Waals surface area contributed by atoms with Crippen LogP contribution in [0.1, 0.15) is 15.9 Å². The van der Waals surface area contributed by atoms with Crippen molar-refractivity contribution < 1.29 is 17.9 Å². The Balaban J connectivity index is 3.05. The van der Waals surface area contributed by atoms with Gasteiger partial charge in [-0.05, 0) is 17.7 Å². The number of ether oxygens (including phenoxy) is 1. The van der Waals surface area contributed by atoms with E-state index in [1.807, 2.05) is 0 Å². The number of methoxy groups -OCH3 is 1. The maximum atomic E-state index is 11.2. The number of hydrogen-bond donors (Lipinski definition) is 0. The molecule has 1 rings (SSSR count). The molecule has 0 fully saturated rings.